The molecule has 1 saturated heterocycles. The van der Waals surface area contributed by atoms with Crippen molar-refractivity contribution >= 4 is 6.08 Å². The number of rotatable bonds is 5. The second-order valence-electron chi connectivity index (χ2n) is 5.22. The highest BCUT2D eigenvalue weighted by atomic mass is 15.1. The fourth-order valence-corrected chi connectivity index (χ4v) is 2.40. The summed E-state index contributed by atoms with van der Waals surface area (Å²) in [6.45, 7) is 4.65. The SMILES string of the molecule is CN1CCC(CNC/C=C/c2ccccc2)CC1. The first kappa shape index (κ1) is 13.3. The van der Waals surface area contributed by atoms with Gasteiger partial charge in [-0.1, -0.05) is 42.5 Å². The van der Waals surface area contributed by atoms with Crippen molar-refractivity contribution < 1.29 is 0 Å². The first-order valence-electron chi connectivity index (χ1n) is 6.95. The number of likely N-dealkylation sites (tertiary alicyclic amines) is 1. The van der Waals surface area contributed by atoms with Crippen LogP contribution in [0.4, 0.5) is 0 Å². The Hall–Kier alpha value is -1.12. The summed E-state index contributed by atoms with van der Waals surface area (Å²) in [7, 11) is 2.21. The number of benzene rings is 1. The van der Waals surface area contributed by atoms with Crippen molar-refractivity contribution in [1.29, 1.82) is 0 Å². The molecular weight excluding hydrogens is 220 g/mol. The molecule has 0 saturated carbocycles. The molecular formula is C16H24N2. The molecule has 1 aliphatic heterocycles. The topological polar surface area (TPSA) is 15.3 Å². The van der Waals surface area contributed by atoms with E-state index in [0.29, 0.717) is 0 Å². The molecule has 1 aromatic carbocycles. The summed E-state index contributed by atoms with van der Waals surface area (Å²) in [5, 5.41) is 3.53. The number of hydrogen-bond donors (Lipinski definition) is 1. The van der Waals surface area contributed by atoms with Crippen molar-refractivity contribution in [2.24, 2.45) is 5.92 Å². The molecule has 0 radical (unpaired) electrons. The number of hydrogen-bond acceptors (Lipinski definition) is 2. The van der Waals surface area contributed by atoms with Crippen LogP contribution in [0, 0.1) is 5.92 Å². The number of nitrogens with one attached hydrogen (secondary N) is 1. The second kappa shape index (κ2) is 7.34. The minimum absolute atomic E-state index is 0.867. The third-order valence-electron chi connectivity index (χ3n) is 3.64. The van der Waals surface area contributed by atoms with E-state index in [4.69, 9.17) is 0 Å². The fraction of sp³-hybridized carbons (Fsp3) is 0.500. The lowest BCUT2D eigenvalue weighted by Gasteiger charge is -2.28. The zero-order chi connectivity index (χ0) is 12.6. The van der Waals surface area contributed by atoms with Crippen LogP contribution in [0.25, 0.3) is 6.08 Å². The molecule has 1 aromatic rings. The third-order valence-corrected chi connectivity index (χ3v) is 3.64. The number of piperidine rings is 1. The molecule has 1 heterocycles. The fourth-order valence-electron chi connectivity index (χ4n) is 2.40. The summed E-state index contributed by atoms with van der Waals surface area (Å²) in [6, 6.07) is 10.5. The van der Waals surface area contributed by atoms with E-state index in [2.05, 4.69) is 59.7 Å². The van der Waals surface area contributed by atoms with Crippen molar-refractivity contribution in [3.63, 3.8) is 0 Å². The van der Waals surface area contributed by atoms with Gasteiger partial charge in [0.25, 0.3) is 0 Å². The van der Waals surface area contributed by atoms with Gasteiger partial charge in [-0.2, -0.15) is 0 Å². The van der Waals surface area contributed by atoms with Crippen LogP contribution in [0.15, 0.2) is 36.4 Å². The molecule has 0 aromatic heterocycles. The van der Waals surface area contributed by atoms with Gasteiger partial charge in [-0.15, -0.1) is 0 Å². The van der Waals surface area contributed by atoms with E-state index in [1.54, 1.807) is 0 Å². The van der Waals surface area contributed by atoms with Gasteiger partial charge >= 0.3 is 0 Å². The molecule has 0 unspecified atom stereocenters. The maximum atomic E-state index is 3.53. The molecule has 0 amide bonds. The zero-order valence-corrected chi connectivity index (χ0v) is 11.3. The van der Waals surface area contributed by atoms with Gasteiger partial charge in [0, 0.05) is 6.54 Å². The summed E-state index contributed by atoms with van der Waals surface area (Å²) in [5.74, 6) is 0.867. The van der Waals surface area contributed by atoms with E-state index in [-0.39, 0.29) is 0 Å². The van der Waals surface area contributed by atoms with E-state index in [0.717, 1.165) is 19.0 Å². The van der Waals surface area contributed by atoms with E-state index >= 15 is 0 Å². The van der Waals surface area contributed by atoms with Crippen molar-refractivity contribution in [3.05, 3.63) is 42.0 Å². The maximum absolute atomic E-state index is 3.53. The molecule has 2 nitrogen and oxygen atoms in total. The van der Waals surface area contributed by atoms with Gasteiger partial charge in [0.2, 0.25) is 0 Å². The van der Waals surface area contributed by atoms with E-state index in [1.807, 2.05) is 0 Å². The molecule has 98 valence electrons. The highest BCUT2D eigenvalue weighted by Gasteiger charge is 2.15. The molecule has 0 atom stereocenters. The summed E-state index contributed by atoms with van der Waals surface area (Å²) < 4.78 is 0. The van der Waals surface area contributed by atoms with Gasteiger partial charge in [0.1, 0.15) is 0 Å². The Bertz CT molecular complexity index is 351. The minimum Gasteiger partial charge on any atom is -0.313 e. The summed E-state index contributed by atoms with van der Waals surface area (Å²) in [4.78, 5) is 2.42. The van der Waals surface area contributed by atoms with Gasteiger partial charge in [0.05, 0.1) is 0 Å². The lowest BCUT2D eigenvalue weighted by atomic mass is 9.97. The molecule has 0 bridgehead atoms. The van der Waals surface area contributed by atoms with Crippen LogP contribution in [0.3, 0.4) is 0 Å². The molecule has 1 N–H and O–H groups in total. The molecule has 1 aliphatic rings. The highest BCUT2D eigenvalue weighted by molar-refractivity contribution is 5.48. The van der Waals surface area contributed by atoms with Crippen LogP contribution < -0.4 is 5.32 Å². The van der Waals surface area contributed by atoms with Crippen molar-refractivity contribution in [2.45, 2.75) is 12.8 Å². The Kier molecular flexibility index (Phi) is 5.43. The van der Waals surface area contributed by atoms with Crippen LogP contribution in [0.1, 0.15) is 18.4 Å². The molecule has 1 fully saturated rings. The molecule has 0 aliphatic carbocycles. The highest BCUT2D eigenvalue weighted by Crippen LogP contribution is 2.14. The van der Waals surface area contributed by atoms with Gasteiger partial charge < -0.3 is 10.2 Å². The zero-order valence-electron chi connectivity index (χ0n) is 11.3. The Balaban J connectivity index is 1.60. The average molecular weight is 244 g/mol. The predicted molar refractivity (Wildman–Crippen MR) is 78.6 cm³/mol. The van der Waals surface area contributed by atoms with Crippen molar-refractivity contribution in [2.75, 3.05) is 33.2 Å². The van der Waals surface area contributed by atoms with Crippen molar-refractivity contribution in [1.82, 2.24) is 10.2 Å². The maximum Gasteiger partial charge on any atom is 0.0138 e. The Morgan fingerprint density at radius 3 is 2.67 bits per heavy atom. The average Bonchev–Trinajstić information content (AvgIpc) is 2.42. The lowest BCUT2D eigenvalue weighted by Crippen LogP contribution is -2.34. The molecule has 18 heavy (non-hydrogen) atoms. The van der Waals surface area contributed by atoms with Gasteiger partial charge in [-0.05, 0) is 51.0 Å². The standard InChI is InChI=1S/C16H24N2/c1-18-12-9-16(10-13-18)14-17-11-5-8-15-6-3-2-4-7-15/h2-8,16-17H,9-14H2,1H3/b8-5+. The van der Waals surface area contributed by atoms with Gasteiger partial charge in [-0.25, -0.2) is 0 Å². The Morgan fingerprint density at radius 1 is 1.22 bits per heavy atom. The van der Waals surface area contributed by atoms with Crippen molar-refractivity contribution in [3.8, 4) is 0 Å². The summed E-state index contributed by atoms with van der Waals surface area (Å²) >= 11 is 0. The smallest absolute Gasteiger partial charge is 0.0138 e. The molecule has 0 spiro atoms. The van der Waals surface area contributed by atoms with Crippen LogP contribution in [0.5, 0.6) is 0 Å². The van der Waals surface area contributed by atoms with Gasteiger partial charge in [0.15, 0.2) is 0 Å². The predicted octanol–water partition coefficient (Wildman–Crippen LogP) is 2.63. The molecule has 2 heteroatoms. The van der Waals surface area contributed by atoms with Crippen LogP contribution in [-0.4, -0.2) is 38.1 Å². The Labute approximate surface area is 111 Å². The van der Waals surface area contributed by atoms with Crippen LogP contribution in [-0.2, 0) is 0 Å². The normalized spacial score (nSPS) is 18.5. The van der Waals surface area contributed by atoms with E-state index in [1.165, 1.54) is 31.5 Å². The van der Waals surface area contributed by atoms with E-state index < -0.39 is 0 Å². The first-order valence-corrected chi connectivity index (χ1v) is 6.95. The first-order chi connectivity index (χ1) is 8.84. The molecule has 2 rings (SSSR count). The van der Waals surface area contributed by atoms with E-state index in [9.17, 15) is 0 Å². The summed E-state index contributed by atoms with van der Waals surface area (Å²) in [5.41, 5.74) is 1.28. The van der Waals surface area contributed by atoms with Crippen LogP contribution >= 0.6 is 0 Å². The largest absolute Gasteiger partial charge is 0.313 e. The summed E-state index contributed by atoms with van der Waals surface area (Å²) in [6.07, 6.45) is 7.07. The third kappa shape index (κ3) is 4.63. The second-order valence-corrected chi connectivity index (χ2v) is 5.22. The minimum atomic E-state index is 0.867. The lowest BCUT2D eigenvalue weighted by molar-refractivity contribution is 0.217. The van der Waals surface area contributed by atoms with Crippen LogP contribution in [0.2, 0.25) is 0 Å². The Morgan fingerprint density at radius 2 is 1.94 bits per heavy atom. The van der Waals surface area contributed by atoms with Gasteiger partial charge in [-0.3, -0.25) is 0 Å². The quantitative estimate of drug-likeness (QED) is 0.801. The monoisotopic (exact) mass is 244 g/mol. The number of nitrogens with zero attached hydrogens (tertiary/aromatic N) is 1.